The molecule has 0 radical (unpaired) electrons. The van der Waals surface area contributed by atoms with Crippen LogP contribution in [0.4, 0.5) is 15.9 Å². The molecule has 1 aromatic carbocycles. The number of nitrogens with two attached hydrogens (primary N) is 1. The van der Waals surface area contributed by atoms with Crippen molar-refractivity contribution in [1.82, 2.24) is 9.97 Å². The van der Waals surface area contributed by atoms with Crippen LogP contribution in [0.25, 0.3) is 0 Å². The number of nitrogen functional groups attached to an aromatic ring is 1. The lowest BCUT2D eigenvalue weighted by Gasteiger charge is -2.05. The molecule has 0 bridgehead atoms. The van der Waals surface area contributed by atoms with Crippen LogP contribution in [0.3, 0.4) is 0 Å². The van der Waals surface area contributed by atoms with E-state index in [1.165, 1.54) is 18.2 Å². The van der Waals surface area contributed by atoms with E-state index in [0.29, 0.717) is 11.3 Å². The minimum atomic E-state index is -0.693. The van der Waals surface area contributed by atoms with Crippen molar-refractivity contribution in [1.29, 1.82) is 0 Å². The highest BCUT2D eigenvalue weighted by Gasteiger charge is 2.15. The Hall–Kier alpha value is -2.77. The van der Waals surface area contributed by atoms with E-state index in [2.05, 4.69) is 9.97 Å². The highest BCUT2D eigenvalue weighted by Crippen LogP contribution is 2.24. The lowest BCUT2D eigenvalue weighted by atomic mass is 10.2. The summed E-state index contributed by atoms with van der Waals surface area (Å²) in [6, 6.07) is 3.94. The van der Waals surface area contributed by atoms with Gasteiger partial charge in [-0.2, -0.15) is 9.97 Å². The number of halogens is 1. The summed E-state index contributed by atoms with van der Waals surface area (Å²) < 4.78 is 18.3. The second kappa shape index (κ2) is 4.84. The van der Waals surface area contributed by atoms with Crippen LogP contribution in [0, 0.1) is 22.9 Å². The second-order valence-electron chi connectivity index (χ2n) is 3.69. The van der Waals surface area contributed by atoms with E-state index in [1.54, 1.807) is 6.92 Å². The van der Waals surface area contributed by atoms with Gasteiger partial charge in [0, 0.05) is 0 Å². The number of rotatable bonds is 3. The molecule has 0 aliphatic heterocycles. The summed E-state index contributed by atoms with van der Waals surface area (Å²) in [5, 5.41) is 10.5. The molecule has 2 aromatic rings. The smallest absolute Gasteiger partial charge is 0.329 e. The summed E-state index contributed by atoms with van der Waals surface area (Å²) in [6.07, 6.45) is 0.952. The van der Waals surface area contributed by atoms with Gasteiger partial charge in [0.05, 0.1) is 4.92 Å². The molecule has 19 heavy (non-hydrogen) atoms. The van der Waals surface area contributed by atoms with E-state index in [-0.39, 0.29) is 17.6 Å². The van der Waals surface area contributed by atoms with Gasteiger partial charge in [0.25, 0.3) is 0 Å². The Bertz CT molecular complexity index is 648. The molecule has 1 aromatic heterocycles. The van der Waals surface area contributed by atoms with Gasteiger partial charge >= 0.3 is 11.7 Å². The van der Waals surface area contributed by atoms with Gasteiger partial charge in [-0.3, -0.25) is 10.1 Å². The first-order valence-electron chi connectivity index (χ1n) is 5.18. The first kappa shape index (κ1) is 12.7. The van der Waals surface area contributed by atoms with Crippen LogP contribution < -0.4 is 10.5 Å². The summed E-state index contributed by atoms with van der Waals surface area (Å²) in [4.78, 5) is 17.2. The number of ether oxygens (including phenoxy) is 1. The predicted molar refractivity (Wildman–Crippen MR) is 64.3 cm³/mol. The average Bonchev–Trinajstić information content (AvgIpc) is 2.33. The Morgan fingerprint density at radius 3 is 2.79 bits per heavy atom. The maximum absolute atomic E-state index is 13.1. The largest absolute Gasteiger partial charge is 0.424 e. The molecule has 0 fully saturated rings. The molecular weight excluding hydrogens is 255 g/mol. The number of hydrogen-bond donors (Lipinski definition) is 1. The highest BCUT2D eigenvalue weighted by atomic mass is 19.1. The van der Waals surface area contributed by atoms with Gasteiger partial charge in [0.1, 0.15) is 17.8 Å². The first-order valence-corrected chi connectivity index (χ1v) is 5.18. The zero-order chi connectivity index (χ0) is 14.0. The fraction of sp³-hybridized carbons (Fsp3) is 0.0909. The topological polar surface area (TPSA) is 104 Å². The predicted octanol–water partition coefficient (Wildman–Crippen LogP) is 2.21. The Morgan fingerprint density at radius 2 is 2.21 bits per heavy atom. The Morgan fingerprint density at radius 1 is 1.47 bits per heavy atom. The third kappa shape index (κ3) is 2.73. The van der Waals surface area contributed by atoms with E-state index < -0.39 is 10.6 Å². The molecule has 0 aliphatic carbocycles. The third-order valence-electron chi connectivity index (χ3n) is 2.31. The quantitative estimate of drug-likeness (QED) is 0.673. The van der Waals surface area contributed by atoms with Gasteiger partial charge in [0.2, 0.25) is 5.82 Å². The molecule has 0 saturated carbocycles. The van der Waals surface area contributed by atoms with Crippen molar-refractivity contribution in [2.75, 3.05) is 5.73 Å². The minimum absolute atomic E-state index is 0.144. The monoisotopic (exact) mass is 264 g/mol. The van der Waals surface area contributed by atoms with E-state index in [1.807, 2.05) is 0 Å². The second-order valence-corrected chi connectivity index (χ2v) is 3.69. The van der Waals surface area contributed by atoms with Crippen molar-refractivity contribution in [3.05, 3.63) is 45.9 Å². The molecule has 0 atom stereocenters. The maximum Gasteiger partial charge on any atom is 0.329 e. The van der Waals surface area contributed by atoms with E-state index in [0.717, 1.165) is 6.20 Å². The Kier molecular flexibility index (Phi) is 3.23. The van der Waals surface area contributed by atoms with Gasteiger partial charge in [0.15, 0.2) is 0 Å². The third-order valence-corrected chi connectivity index (χ3v) is 2.31. The molecule has 2 rings (SSSR count). The van der Waals surface area contributed by atoms with Gasteiger partial charge < -0.3 is 10.5 Å². The van der Waals surface area contributed by atoms with Crippen LogP contribution in [0.15, 0.2) is 24.4 Å². The number of aromatic nitrogens is 2. The molecule has 0 aliphatic rings. The fourth-order valence-electron chi connectivity index (χ4n) is 1.35. The minimum Gasteiger partial charge on any atom is -0.424 e. The van der Waals surface area contributed by atoms with Crippen LogP contribution in [-0.2, 0) is 0 Å². The van der Waals surface area contributed by atoms with Crippen molar-refractivity contribution < 1.29 is 14.1 Å². The van der Waals surface area contributed by atoms with Gasteiger partial charge in [-0.15, -0.1) is 0 Å². The van der Waals surface area contributed by atoms with Crippen molar-refractivity contribution in [2.24, 2.45) is 0 Å². The number of hydrogen-bond acceptors (Lipinski definition) is 6. The fourth-order valence-corrected chi connectivity index (χ4v) is 1.35. The lowest BCUT2D eigenvalue weighted by molar-refractivity contribution is -0.384. The summed E-state index contributed by atoms with van der Waals surface area (Å²) in [5.74, 6) is -0.350. The van der Waals surface area contributed by atoms with Gasteiger partial charge in [-0.05, 0) is 30.7 Å². The summed E-state index contributed by atoms with van der Waals surface area (Å²) in [6.45, 7) is 1.58. The molecular formula is C11H9FN4O3. The first-order chi connectivity index (χ1) is 8.97. The summed E-state index contributed by atoms with van der Waals surface area (Å²) in [7, 11) is 0. The summed E-state index contributed by atoms with van der Waals surface area (Å²) in [5.41, 5.74) is 5.39. The summed E-state index contributed by atoms with van der Waals surface area (Å²) >= 11 is 0. The maximum atomic E-state index is 13.1. The normalized spacial score (nSPS) is 10.2. The molecule has 0 spiro atoms. The van der Waals surface area contributed by atoms with E-state index in [9.17, 15) is 14.5 Å². The van der Waals surface area contributed by atoms with Crippen molar-refractivity contribution >= 4 is 11.5 Å². The van der Waals surface area contributed by atoms with Crippen LogP contribution >= 0.6 is 0 Å². The van der Waals surface area contributed by atoms with E-state index >= 15 is 0 Å². The van der Waals surface area contributed by atoms with Crippen LogP contribution in [0.5, 0.6) is 11.8 Å². The highest BCUT2D eigenvalue weighted by molar-refractivity contribution is 5.50. The molecule has 2 N–H and O–H groups in total. The Labute approximate surface area is 107 Å². The number of benzene rings is 1. The van der Waals surface area contributed by atoms with Gasteiger partial charge in [-0.25, -0.2) is 4.39 Å². The van der Waals surface area contributed by atoms with Crippen LogP contribution in [-0.4, -0.2) is 14.9 Å². The number of anilines is 1. The van der Waals surface area contributed by atoms with Crippen molar-refractivity contribution in [3.8, 4) is 11.8 Å². The standard InChI is InChI=1S/C11H9FN4O3/c1-6-4-7(2-3-8(6)12)19-11-14-5-9(16(17)18)10(13)15-11/h2-5H,1H3,(H2,13,14,15). The number of nitro groups is 1. The van der Waals surface area contributed by atoms with Crippen LogP contribution in [0.2, 0.25) is 0 Å². The molecule has 8 heteroatoms. The van der Waals surface area contributed by atoms with Crippen molar-refractivity contribution in [2.45, 2.75) is 6.92 Å². The van der Waals surface area contributed by atoms with E-state index in [4.69, 9.17) is 10.5 Å². The SMILES string of the molecule is Cc1cc(Oc2ncc([N+](=O)[O-])c(N)n2)ccc1F. The Balaban J connectivity index is 2.26. The molecule has 7 nitrogen and oxygen atoms in total. The molecule has 0 unspecified atom stereocenters. The average molecular weight is 264 g/mol. The lowest BCUT2D eigenvalue weighted by Crippen LogP contribution is -2.01. The molecule has 98 valence electrons. The number of aryl methyl sites for hydroxylation is 1. The molecule has 0 saturated heterocycles. The molecule has 1 heterocycles. The van der Waals surface area contributed by atoms with Gasteiger partial charge in [-0.1, -0.05) is 0 Å². The zero-order valence-electron chi connectivity index (χ0n) is 9.83. The number of nitrogens with zero attached hydrogens (tertiary/aromatic N) is 3. The zero-order valence-corrected chi connectivity index (χ0v) is 9.83. The molecule has 0 amide bonds. The van der Waals surface area contributed by atoms with Crippen molar-refractivity contribution in [3.63, 3.8) is 0 Å². The van der Waals surface area contributed by atoms with Crippen LogP contribution in [0.1, 0.15) is 5.56 Å².